The Balaban J connectivity index is 0.00000162. The van der Waals surface area contributed by atoms with Crippen LogP contribution in [0.2, 0.25) is 0 Å². The van der Waals surface area contributed by atoms with Crippen LogP contribution in [0.1, 0.15) is 10.4 Å². The van der Waals surface area contributed by atoms with Crippen LogP contribution in [0, 0.1) is 5.92 Å². The van der Waals surface area contributed by atoms with Gasteiger partial charge in [0.1, 0.15) is 11.5 Å². The van der Waals surface area contributed by atoms with E-state index in [2.05, 4.69) is 0 Å². The molecule has 0 saturated carbocycles. The van der Waals surface area contributed by atoms with E-state index in [0.29, 0.717) is 30.2 Å². The lowest BCUT2D eigenvalue weighted by atomic mass is 9.94. The topological polar surface area (TPSA) is 38.8 Å². The van der Waals surface area contributed by atoms with Gasteiger partial charge in [0.15, 0.2) is 5.78 Å². The van der Waals surface area contributed by atoms with Crippen LogP contribution in [0.3, 0.4) is 0 Å². The molecule has 0 spiro atoms. The molecule has 100 valence electrons. The van der Waals surface area contributed by atoms with E-state index < -0.39 is 0 Å². The molecule has 0 aromatic heterocycles. The number of fused-ring (bicyclic) bond motifs is 1. The summed E-state index contributed by atoms with van der Waals surface area (Å²) in [6, 6.07) is 5.34. The third-order valence-electron chi connectivity index (χ3n) is 2.85. The number of ether oxygens (including phenoxy) is 2. The van der Waals surface area contributed by atoms with Gasteiger partial charge in [-0.25, -0.2) is 0 Å². The molecule has 0 amide bonds. The summed E-state index contributed by atoms with van der Waals surface area (Å²) in [6.07, 6.45) is 0. The lowest BCUT2D eigenvalue weighted by molar-refractivity contribution is 0.0795. The van der Waals surface area contributed by atoms with Gasteiger partial charge in [-0.3, -0.25) is 4.79 Å². The number of rotatable bonds is 3. The summed E-state index contributed by atoms with van der Waals surface area (Å²) < 4.78 is 10.7. The molecule has 0 bridgehead atoms. The molecular formula is C13H18ClNO3. The monoisotopic (exact) mass is 271 g/mol. The minimum atomic E-state index is -0.0930. The molecule has 4 nitrogen and oxygen atoms in total. The van der Waals surface area contributed by atoms with Crippen molar-refractivity contribution >= 4 is 18.2 Å². The first kappa shape index (κ1) is 14.8. The minimum Gasteiger partial charge on any atom is -0.497 e. The first-order chi connectivity index (χ1) is 8.11. The maximum Gasteiger partial charge on any atom is 0.174 e. The molecule has 0 fully saturated rings. The number of ketones is 1. The molecule has 1 atom stereocenters. The van der Waals surface area contributed by atoms with Crippen LogP contribution in [0.4, 0.5) is 0 Å². The second-order valence-electron chi connectivity index (χ2n) is 4.50. The van der Waals surface area contributed by atoms with Crippen LogP contribution in [-0.4, -0.2) is 45.0 Å². The number of nitrogens with zero attached hydrogens (tertiary/aromatic N) is 1. The predicted octanol–water partition coefficient (Wildman–Crippen LogP) is 1.87. The highest BCUT2D eigenvalue weighted by Crippen LogP contribution is 2.30. The molecule has 2 rings (SSSR count). The molecular weight excluding hydrogens is 254 g/mol. The van der Waals surface area contributed by atoms with Crippen LogP contribution in [0.5, 0.6) is 11.5 Å². The van der Waals surface area contributed by atoms with Crippen LogP contribution in [-0.2, 0) is 0 Å². The van der Waals surface area contributed by atoms with E-state index in [4.69, 9.17) is 9.47 Å². The van der Waals surface area contributed by atoms with Crippen LogP contribution >= 0.6 is 12.4 Å². The highest BCUT2D eigenvalue weighted by atomic mass is 35.5. The third kappa shape index (κ3) is 2.94. The van der Waals surface area contributed by atoms with Gasteiger partial charge in [-0.15, -0.1) is 12.4 Å². The maximum atomic E-state index is 12.3. The van der Waals surface area contributed by atoms with Gasteiger partial charge < -0.3 is 14.4 Å². The summed E-state index contributed by atoms with van der Waals surface area (Å²) in [5.41, 5.74) is 0.627. The van der Waals surface area contributed by atoms with Gasteiger partial charge in [0.2, 0.25) is 0 Å². The summed E-state index contributed by atoms with van der Waals surface area (Å²) in [7, 11) is 5.50. The molecule has 1 aromatic rings. The molecule has 0 radical (unpaired) electrons. The molecule has 1 heterocycles. The molecule has 5 heteroatoms. The first-order valence-corrected chi connectivity index (χ1v) is 5.61. The van der Waals surface area contributed by atoms with Crippen molar-refractivity contribution in [1.82, 2.24) is 4.90 Å². The van der Waals surface area contributed by atoms with Crippen molar-refractivity contribution in [2.75, 3.05) is 34.4 Å². The van der Waals surface area contributed by atoms with E-state index >= 15 is 0 Å². The molecule has 18 heavy (non-hydrogen) atoms. The van der Waals surface area contributed by atoms with E-state index in [9.17, 15) is 4.79 Å². The number of carbonyl (C=O) groups is 1. The highest BCUT2D eigenvalue weighted by Gasteiger charge is 2.29. The largest absolute Gasteiger partial charge is 0.497 e. The zero-order valence-electron chi connectivity index (χ0n) is 10.8. The van der Waals surface area contributed by atoms with E-state index in [-0.39, 0.29) is 24.1 Å². The maximum absolute atomic E-state index is 12.3. The van der Waals surface area contributed by atoms with Crippen LogP contribution < -0.4 is 9.47 Å². The normalized spacial score (nSPS) is 17.8. The van der Waals surface area contributed by atoms with Gasteiger partial charge in [-0.05, 0) is 32.3 Å². The van der Waals surface area contributed by atoms with Crippen molar-refractivity contribution in [2.24, 2.45) is 5.92 Å². The lowest BCUT2D eigenvalue weighted by Gasteiger charge is -2.26. The Hall–Kier alpha value is -1.26. The Morgan fingerprint density at radius 1 is 1.44 bits per heavy atom. The number of Topliss-reactive ketones (excluding diaryl/α,β-unsaturated/α-hetero) is 1. The Kier molecular flexibility index (Phi) is 4.99. The van der Waals surface area contributed by atoms with E-state index in [1.807, 2.05) is 19.0 Å². The van der Waals surface area contributed by atoms with Gasteiger partial charge in [-0.1, -0.05) is 0 Å². The van der Waals surface area contributed by atoms with Crippen molar-refractivity contribution in [3.8, 4) is 11.5 Å². The molecule has 0 saturated heterocycles. The Morgan fingerprint density at radius 2 is 2.17 bits per heavy atom. The summed E-state index contributed by atoms with van der Waals surface area (Å²) in [6.45, 7) is 1.16. The summed E-state index contributed by atoms with van der Waals surface area (Å²) in [5, 5.41) is 0. The van der Waals surface area contributed by atoms with Gasteiger partial charge >= 0.3 is 0 Å². The quantitative estimate of drug-likeness (QED) is 0.841. The molecule has 1 aliphatic rings. The van der Waals surface area contributed by atoms with Gasteiger partial charge in [-0.2, -0.15) is 0 Å². The van der Waals surface area contributed by atoms with Crippen molar-refractivity contribution in [3.05, 3.63) is 23.8 Å². The Bertz CT molecular complexity index is 434. The summed E-state index contributed by atoms with van der Waals surface area (Å²) in [4.78, 5) is 14.3. The van der Waals surface area contributed by atoms with Crippen molar-refractivity contribution < 1.29 is 14.3 Å². The van der Waals surface area contributed by atoms with Gasteiger partial charge in [0, 0.05) is 6.54 Å². The zero-order chi connectivity index (χ0) is 12.4. The van der Waals surface area contributed by atoms with Crippen LogP contribution in [0.15, 0.2) is 18.2 Å². The first-order valence-electron chi connectivity index (χ1n) is 5.61. The number of methoxy groups -OCH3 is 1. The molecule has 0 N–H and O–H groups in total. The molecule has 1 unspecified atom stereocenters. The molecule has 1 aromatic carbocycles. The highest BCUT2D eigenvalue weighted by molar-refractivity contribution is 6.01. The fourth-order valence-corrected chi connectivity index (χ4v) is 2.02. The molecule has 0 aliphatic carbocycles. The Labute approximate surface area is 113 Å². The number of benzene rings is 1. The SMILES string of the molecule is COc1ccc2c(c1)C(=O)C(CN(C)C)CO2.Cl. The Morgan fingerprint density at radius 3 is 2.78 bits per heavy atom. The van der Waals surface area contributed by atoms with Gasteiger partial charge in [0.25, 0.3) is 0 Å². The number of carbonyl (C=O) groups excluding carboxylic acids is 1. The number of hydrogen-bond donors (Lipinski definition) is 0. The fourth-order valence-electron chi connectivity index (χ4n) is 2.02. The second kappa shape index (κ2) is 6.07. The van der Waals surface area contributed by atoms with E-state index in [0.717, 1.165) is 0 Å². The standard InChI is InChI=1S/C13H17NO3.ClH/c1-14(2)7-9-8-17-12-5-4-10(16-3)6-11(12)13(9)15;/h4-6,9H,7-8H2,1-3H3;1H. The van der Waals surface area contributed by atoms with Crippen molar-refractivity contribution in [1.29, 1.82) is 0 Å². The average molecular weight is 272 g/mol. The van der Waals surface area contributed by atoms with E-state index in [1.165, 1.54) is 0 Å². The third-order valence-corrected chi connectivity index (χ3v) is 2.85. The van der Waals surface area contributed by atoms with E-state index in [1.54, 1.807) is 25.3 Å². The number of halogens is 1. The predicted molar refractivity (Wildman–Crippen MR) is 72.1 cm³/mol. The van der Waals surface area contributed by atoms with Crippen LogP contribution in [0.25, 0.3) is 0 Å². The number of hydrogen-bond acceptors (Lipinski definition) is 4. The van der Waals surface area contributed by atoms with Crippen molar-refractivity contribution in [3.63, 3.8) is 0 Å². The second-order valence-corrected chi connectivity index (χ2v) is 4.50. The summed E-state index contributed by atoms with van der Waals surface area (Å²) >= 11 is 0. The zero-order valence-corrected chi connectivity index (χ0v) is 11.6. The fraction of sp³-hybridized carbons (Fsp3) is 0.462. The lowest BCUT2D eigenvalue weighted by Crippen LogP contribution is -2.35. The minimum absolute atomic E-state index is 0. The smallest absolute Gasteiger partial charge is 0.174 e. The summed E-state index contributed by atoms with van der Waals surface area (Å²) in [5.74, 6) is 1.39. The average Bonchev–Trinajstić information content (AvgIpc) is 2.32. The molecule has 1 aliphatic heterocycles. The van der Waals surface area contributed by atoms with Crippen molar-refractivity contribution in [2.45, 2.75) is 0 Å². The van der Waals surface area contributed by atoms with Gasteiger partial charge in [0.05, 0.1) is 25.2 Å².